The van der Waals surface area contributed by atoms with Crippen LogP contribution in [-0.2, 0) is 9.53 Å². The molecule has 8 unspecified atom stereocenters. The van der Waals surface area contributed by atoms with E-state index in [9.17, 15) is 19.8 Å². The molecule has 1 amide bonds. The SMILES string of the molecule is C=C/C=C\CC(OC(N)=O)C(C)C(O)C(C)C/C(C)=C\C(C)C(O)C(C)/C=C\CCCC(C)C[C@@H](C)C(=O)O.CC.CC. The van der Waals surface area contributed by atoms with E-state index in [2.05, 4.69) is 31.7 Å². The Morgan fingerprint density at radius 2 is 1.51 bits per heavy atom. The van der Waals surface area contributed by atoms with Crippen molar-refractivity contribution in [2.45, 2.75) is 133 Å². The highest BCUT2D eigenvalue weighted by Gasteiger charge is 2.30. The number of aliphatic carboxylic acids is 1. The van der Waals surface area contributed by atoms with Crippen LogP contribution in [0.1, 0.15) is 115 Å². The van der Waals surface area contributed by atoms with E-state index in [1.807, 2.05) is 68.4 Å². The summed E-state index contributed by atoms with van der Waals surface area (Å²) in [7, 11) is 0. The maximum Gasteiger partial charge on any atom is 0.404 e. The van der Waals surface area contributed by atoms with Crippen molar-refractivity contribution in [3.63, 3.8) is 0 Å². The first-order valence-electron chi connectivity index (χ1n) is 16.4. The molecule has 0 radical (unpaired) electrons. The van der Waals surface area contributed by atoms with Crippen LogP contribution in [0.4, 0.5) is 4.79 Å². The van der Waals surface area contributed by atoms with E-state index in [0.29, 0.717) is 25.2 Å². The number of nitrogens with two attached hydrogens (primary N) is 1. The second-order valence-electron chi connectivity index (χ2n) is 11.6. The Hall–Kier alpha value is -2.38. The molecule has 0 saturated carbocycles. The highest BCUT2D eigenvalue weighted by atomic mass is 16.6. The van der Waals surface area contributed by atoms with Crippen molar-refractivity contribution < 1.29 is 29.6 Å². The van der Waals surface area contributed by atoms with Crippen molar-refractivity contribution >= 4 is 12.1 Å². The molecule has 0 aliphatic rings. The Bertz CT molecular complexity index is 821. The molecule has 7 heteroatoms. The number of aliphatic hydroxyl groups excluding tert-OH is 2. The summed E-state index contributed by atoms with van der Waals surface area (Å²) in [5.74, 6) is -1.13. The topological polar surface area (TPSA) is 130 Å². The molecule has 0 fully saturated rings. The predicted octanol–water partition coefficient (Wildman–Crippen LogP) is 8.71. The monoisotopic (exact) mass is 609 g/mol. The zero-order valence-corrected chi connectivity index (χ0v) is 29.3. The van der Waals surface area contributed by atoms with Gasteiger partial charge in [0.25, 0.3) is 0 Å². The first kappa shape index (κ1) is 45.1. The van der Waals surface area contributed by atoms with Gasteiger partial charge in [-0.1, -0.05) is 124 Å². The number of unbranched alkanes of at least 4 members (excludes halogenated alkanes) is 1. The smallest absolute Gasteiger partial charge is 0.404 e. The van der Waals surface area contributed by atoms with Crippen LogP contribution < -0.4 is 5.73 Å². The molecule has 43 heavy (non-hydrogen) atoms. The normalized spacial score (nSPS) is 18.0. The van der Waals surface area contributed by atoms with Crippen molar-refractivity contribution in [1.29, 1.82) is 0 Å². The zero-order valence-electron chi connectivity index (χ0n) is 29.3. The average Bonchev–Trinajstić information content (AvgIpc) is 2.96. The van der Waals surface area contributed by atoms with Gasteiger partial charge in [0.15, 0.2) is 0 Å². The van der Waals surface area contributed by atoms with Crippen molar-refractivity contribution in [2.75, 3.05) is 0 Å². The molecule has 0 spiro atoms. The number of carbonyl (C=O) groups is 2. The minimum atomic E-state index is -0.860. The molecule has 7 nitrogen and oxygen atoms in total. The lowest BCUT2D eigenvalue weighted by molar-refractivity contribution is -0.141. The molecular formula is C36H67NO6. The Morgan fingerprint density at radius 3 is 2.02 bits per heavy atom. The van der Waals surface area contributed by atoms with E-state index in [0.717, 1.165) is 24.8 Å². The standard InChI is InChI=1S/C32H55NO6.2C2H6/c1-9-10-12-17-28(39-32(33)38)27(8)30(35)25(6)20-22(3)19-24(5)29(34)23(4)16-14-11-13-15-21(2)18-26(7)31(36)37;2*1-2/h9-10,12,14,16,19,21,23-30,34-35H,1,11,13,15,17-18,20H2,2-8H3,(H2,33,38)(H,36,37);2*1-2H3/b12-10-,16-14-,22-19-;;/t21?,23?,24?,25?,26-,27?,28?,29?,30?;;/m1../s1. The van der Waals surface area contributed by atoms with Gasteiger partial charge < -0.3 is 25.8 Å². The number of rotatable bonds is 20. The summed E-state index contributed by atoms with van der Waals surface area (Å²) in [6.07, 6.45) is 13.5. The van der Waals surface area contributed by atoms with Crippen LogP contribution in [0.2, 0.25) is 0 Å². The lowest BCUT2D eigenvalue weighted by Gasteiger charge is -2.30. The van der Waals surface area contributed by atoms with E-state index in [-0.39, 0.29) is 29.6 Å². The fourth-order valence-electron chi connectivity index (χ4n) is 5.12. The highest BCUT2D eigenvalue weighted by molar-refractivity contribution is 5.69. The van der Waals surface area contributed by atoms with Gasteiger partial charge in [0, 0.05) is 24.2 Å². The predicted molar refractivity (Wildman–Crippen MR) is 182 cm³/mol. The Labute approximate surface area is 264 Å². The van der Waals surface area contributed by atoms with Crippen LogP contribution in [0, 0.1) is 35.5 Å². The van der Waals surface area contributed by atoms with E-state index < -0.39 is 30.4 Å². The molecule has 0 aromatic rings. The van der Waals surface area contributed by atoms with Gasteiger partial charge >= 0.3 is 12.1 Å². The van der Waals surface area contributed by atoms with Gasteiger partial charge in [-0.25, -0.2) is 4.79 Å². The average molecular weight is 610 g/mol. The lowest BCUT2D eigenvalue weighted by Crippen LogP contribution is -2.37. The molecule has 0 aromatic heterocycles. The number of amides is 1. The first-order valence-corrected chi connectivity index (χ1v) is 16.4. The number of hydrogen-bond acceptors (Lipinski definition) is 5. The van der Waals surface area contributed by atoms with Crippen LogP contribution in [0.15, 0.2) is 48.6 Å². The van der Waals surface area contributed by atoms with Crippen LogP contribution in [0.25, 0.3) is 0 Å². The van der Waals surface area contributed by atoms with Gasteiger partial charge in [-0.3, -0.25) is 4.79 Å². The van der Waals surface area contributed by atoms with Gasteiger partial charge in [-0.15, -0.1) is 0 Å². The number of carboxylic acids is 1. The quantitative estimate of drug-likeness (QED) is 0.0620. The van der Waals surface area contributed by atoms with Crippen molar-refractivity contribution in [1.82, 2.24) is 0 Å². The third-order valence-electron chi connectivity index (χ3n) is 7.57. The summed E-state index contributed by atoms with van der Waals surface area (Å²) in [6, 6.07) is 0. The number of aliphatic hydroxyl groups is 2. The van der Waals surface area contributed by atoms with E-state index in [1.54, 1.807) is 19.1 Å². The number of carboxylic acid groups (broad SMARTS) is 1. The van der Waals surface area contributed by atoms with Crippen molar-refractivity contribution in [3.05, 3.63) is 48.6 Å². The van der Waals surface area contributed by atoms with E-state index in [4.69, 9.17) is 15.6 Å². The van der Waals surface area contributed by atoms with Crippen molar-refractivity contribution in [3.8, 4) is 0 Å². The maximum atomic E-state index is 11.4. The summed E-state index contributed by atoms with van der Waals surface area (Å²) in [4.78, 5) is 22.4. The molecule has 0 heterocycles. The minimum absolute atomic E-state index is 0.00753. The van der Waals surface area contributed by atoms with Gasteiger partial charge in [0.2, 0.25) is 0 Å². The third-order valence-corrected chi connectivity index (χ3v) is 7.57. The van der Waals surface area contributed by atoms with Crippen LogP contribution >= 0.6 is 0 Å². The Kier molecular flexibility index (Phi) is 28.5. The number of hydrogen-bond donors (Lipinski definition) is 4. The van der Waals surface area contributed by atoms with Gasteiger partial charge in [0.05, 0.1) is 18.1 Å². The molecule has 0 aromatic carbocycles. The molecule has 0 bridgehead atoms. The van der Waals surface area contributed by atoms with E-state index in [1.165, 1.54) is 0 Å². The first-order chi connectivity index (χ1) is 20.2. The van der Waals surface area contributed by atoms with Crippen LogP contribution in [0.3, 0.4) is 0 Å². The largest absolute Gasteiger partial charge is 0.481 e. The lowest BCUT2D eigenvalue weighted by atomic mass is 9.83. The van der Waals surface area contributed by atoms with Crippen LogP contribution in [0.5, 0.6) is 0 Å². The molecule has 0 rings (SSSR count). The number of allylic oxidation sites excluding steroid dienone is 4. The van der Waals surface area contributed by atoms with Crippen molar-refractivity contribution in [2.24, 2.45) is 41.2 Å². The molecule has 252 valence electrons. The molecule has 0 saturated heterocycles. The summed E-state index contributed by atoms with van der Waals surface area (Å²) < 4.78 is 5.26. The number of primary amides is 1. The fourth-order valence-corrected chi connectivity index (χ4v) is 5.12. The Balaban J connectivity index is -0.00000382. The second kappa shape index (κ2) is 27.2. The second-order valence-corrected chi connectivity index (χ2v) is 11.6. The number of carbonyl (C=O) groups excluding carboxylic acids is 1. The zero-order chi connectivity index (χ0) is 34.1. The van der Waals surface area contributed by atoms with Gasteiger partial charge in [-0.2, -0.15) is 0 Å². The highest BCUT2D eigenvalue weighted by Crippen LogP contribution is 2.27. The summed E-state index contributed by atoms with van der Waals surface area (Å²) in [5, 5.41) is 30.9. The van der Waals surface area contributed by atoms with E-state index >= 15 is 0 Å². The molecular weight excluding hydrogens is 542 g/mol. The molecule has 5 N–H and O–H groups in total. The minimum Gasteiger partial charge on any atom is -0.481 e. The molecule has 0 aliphatic heterocycles. The summed E-state index contributed by atoms with van der Waals surface area (Å²) in [5.41, 5.74) is 6.32. The number of ether oxygens (including phenoxy) is 1. The van der Waals surface area contributed by atoms with Gasteiger partial charge in [0.1, 0.15) is 6.10 Å². The molecule has 0 aliphatic carbocycles. The summed E-state index contributed by atoms with van der Waals surface area (Å²) in [6.45, 7) is 25.3. The van der Waals surface area contributed by atoms with Gasteiger partial charge in [-0.05, 0) is 44.4 Å². The Morgan fingerprint density at radius 1 is 0.930 bits per heavy atom. The molecule has 9 atom stereocenters. The summed E-state index contributed by atoms with van der Waals surface area (Å²) >= 11 is 0. The third kappa shape index (κ3) is 21.9. The maximum absolute atomic E-state index is 11.4. The fraction of sp³-hybridized carbons (Fsp3) is 0.722. The van der Waals surface area contributed by atoms with Crippen LogP contribution in [-0.4, -0.2) is 45.7 Å².